The number of rotatable bonds is 5. The predicted octanol–water partition coefficient (Wildman–Crippen LogP) is 3.59. The quantitative estimate of drug-likeness (QED) is 0.672. The van der Waals surface area contributed by atoms with Crippen LogP contribution in [-0.4, -0.2) is 31.6 Å². The molecule has 3 rings (SSSR count). The molecule has 26 heavy (non-hydrogen) atoms. The molecule has 0 fully saturated rings. The van der Waals surface area contributed by atoms with Crippen molar-refractivity contribution in [2.75, 3.05) is 26.0 Å². The fraction of sp³-hybridized carbons (Fsp3) is 0.263. The van der Waals surface area contributed by atoms with Gasteiger partial charge >= 0.3 is 11.7 Å². The van der Waals surface area contributed by atoms with Crippen LogP contribution in [0.1, 0.15) is 16.5 Å². The molecule has 0 spiro atoms. The van der Waals surface area contributed by atoms with Crippen molar-refractivity contribution in [2.45, 2.75) is 13.0 Å². The number of thiophene rings is 1. The summed E-state index contributed by atoms with van der Waals surface area (Å²) < 4.78 is 5.21. The highest BCUT2D eigenvalue weighted by atomic mass is 32.1. The van der Waals surface area contributed by atoms with Crippen molar-refractivity contribution in [2.24, 2.45) is 0 Å². The van der Waals surface area contributed by atoms with Crippen molar-refractivity contribution in [3.63, 3.8) is 0 Å². The molecule has 0 aliphatic rings. The number of anilines is 1. The lowest BCUT2D eigenvalue weighted by Crippen LogP contribution is -2.36. The Bertz CT molecular complexity index is 964. The SMILES string of the molecule is Cc1cc(=O)oc2cc(NC(=O)NC[C@H](c3cccs3)N(C)C)ccc12. The molecule has 1 aromatic carbocycles. The summed E-state index contributed by atoms with van der Waals surface area (Å²) in [5.74, 6) is 0. The molecule has 3 aromatic rings. The first-order chi connectivity index (χ1) is 12.4. The topological polar surface area (TPSA) is 74.6 Å². The van der Waals surface area contributed by atoms with Crippen LogP contribution < -0.4 is 16.3 Å². The summed E-state index contributed by atoms with van der Waals surface area (Å²) in [4.78, 5) is 27.0. The van der Waals surface area contributed by atoms with E-state index >= 15 is 0 Å². The van der Waals surface area contributed by atoms with Crippen LogP contribution in [0.2, 0.25) is 0 Å². The summed E-state index contributed by atoms with van der Waals surface area (Å²) in [6.07, 6.45) is 0. The second kappa shape index (κ2) is 7.72. The Labute approximate surface area is 155 Å². The number of hydrogen-bond donors (Lipinski definition) is 2. The largest absolute Gasteiger partial charge is 0.423 e. The van der Waals surface area contributed by atoms with Crippen LogP contribution in [0.5, 0.6) is 0 Å². The maximum Gasteiger partial charge on any atom is 0.336 e. The predicted molar refractivity (Wildman–Crippen MR) is 105 cm³/mol. The minimum Gasteiger partial charge on any atom is -0.423 e. The summed E-state index contributed by atoms with van der Waals surface area (Å²) >= 11 is 1.66. The van der Waals surface area contributed by atoms with Gasteiger partial charge in [0.05, 0.1) is 6.04 Å². The van der Waals surface area contributed by atoms with Crippen molar-refractivity contribution < 1.29 is 9.21 Å². The highest BCUT2D eigenvalue weighted by Gasteiger charge is 2.16. The van der Waals surface area contributed by atoms with Crippen molar-refractivity contribution in [3.05, 3.63) is 62.6 Å². The van der Waals surface area contributed by atoms with E-state index < -0.39 is 5.63 Å². The Balaban J connectivity index is 1.68. The van der Waals surface area contributed by atoms with E-state index in [-0.39, 0.29) is 12.1 Å². The molecule has 7 heteroatoms. The van der Waals surface area contributed by atoms with E-state index in [0.29, 0.717) is 17.8 Å². The number of amides is 2. The minimum absolute atomic E-state index is 0.109. The van der Waals surface area contributed by atoms with E-state index in [2.05, 4.69) is 21.6 Å². The molecule has 0 aliphatic heterocycles. The van der Waals surface area contributed by atoms with Crippen LogP contribution in [0, 0.1) is 6.92 Å². The molecular weight excluding hydrogens is 350 g/mol. The molecule has 0 radical (unpaired) electrons. The minimum atomic E-state index is -0.402. The van der Waals surface area contributed by atoms with Gasteiger partial charge in [-0.3, -0.25) is 0 Å². The number of carbonyl (C=O) groups excluding carboxylic acids is 1. The van der Waals surface area contributed by atoms with Crippen molar-refractivity contribution in [3.8, 4) is 0 Å². The van der Waals surface area contributed by atoms with Gasteiger partial charge in [0.25, 0.3) is 0 Å². The standard InChI is InChI=1S/C19H21N3O3S/c1-12-9-18(23)25-16-10-13(6-7-14(12)16)21-19(24)20-11-15(22(2)3)17-5-4-8-26-17/h4-10,15H,11H2,1-3H3,(H2,20,21,24)/t15-/m1/s1. The second-order valence-electron chi connectivity index (χ2n) is 6.29. The molecular formula is C19H21N3O3S. The lowest BCUT2D eigenvalue weighted by molar-refractivity contribution is 0.244. The molecule has 2 aromatic heterocycles. The molecule has 0 unspecified atom stereocenters. The number of benzene rings is 1. The number of carbonyl (C=O) groups is 1. The van der Waals surface area contributed by atoms with Gasteiger partial charge in [-0.15, -0.1) is 11.3 Å². The second-order valence-corrected chi connectivity index (χ2v) is 7.27. The number of likely N-dealkylation sites (N-methyl/N-ethyl adjacent to an activating group) is 1. The summed E-state index contributed by atoms with van der Waals surface area (Å²) in [5.41, 5.74) is 1.47. The van der Waals surface area contributed by atoms with E-state index in [9.17, 15) is 9.59 Å². The number of urea groups is 1. The summed E-state index contributed by atoms with van der Waals surface area (Å²) in [6.45, 7) is 2.34. The molecule has 0 aliphatic carbocycles. The van der Waals surface area contributed by atoms with E-state index in [1.807, 2.05) is 38.5 Å². The Morgan fingerprint density at radius 3 is 2.77 bits per heavy atom. The number of hydrogen-bond acceptors (Lipinski definition) is 5. The van der Waals surface area contributed by atoms with Gasteiger partial charge in [-0.05, 0) is 50.2 Å². The number of nitrogens with zero attached hydrogens (tertiary/aromatic N) is 1. The molecule has 0 saturated heterocycles. The van der Waals surface area contributed by atoms with E-state index in [1.165, 1.54) is 10.9 Å². The van der Waals surface area contributed by atoms with Crippen LogP contribution in [-0.2, 0) is 0 Å². The highest BCUT2D eigenvalue weighted by Crippen LogP contribution is 2.23. The molecule has 6 nitrogen and oxygen atoms in total. The third-order valence-corrected chi connectivity index (χ3v) is 5.13. The third kappa shape index (κ3) is 4.12. The Hall–Kier alpha value is -2.64. The van der Waals surface area contributed by atoms with Crippen LogP contribution in [0.3, 0.4) is 0 Å². The van der Waals surface area contributed by atoms with E-state index in [0.717, 1.165) is 10.9 Å². The Kier molecular flexibility index (Phi) is 5.39. The average molecular weight is 371 g/mol. The van der Waals surface area contributed by atoms with Gasteiger partial charge in [0.15, 0.2) is 0 Å². The normalized spacial score (nSPS) is 12.3. The van der Waals surface area contributed by atoms with E-state index in [1.54, 1.807) is 23.5 Å². The zero-order valence-corrected chi connectivity index (χ0v) is 15.7. The van der Waals surface area contributed by atoms with Crippen molar-refractivity contribution in [1.29, 1.82) is 0 Å². The summed E-state index contributed by atoms with van der Waals surface area (Å²) in [5, 5.41) is 8.55. The van der Waals surface area contributed by atoms with Crippen LogP contribution in [0.25, 0.3) is 11.0 Å². The van der Waals surface area contributed by atoms with Crippen LogP contribution in [0.15, 0.2) is 51.0 Å². The van der Waals surface area contributed by atoms with Gasteiger partial charge in [-0.25, -0.2) is 9.59 Å². The maximum atomic E-state index is 12.2. The van der Waals surface area contributed by atoms with Crippen LogP contribution >= 0.6 is 11.3 Å². The molecule has 0 saturated carbocycles. The molecule has 2 heterocycles. The monoisotopic (exact) mass is 371 g/mol. The fourth-order valence-corrected chi connectivity index (χ4v) is 3.71. The molecule has 1 atom stereocenters. The average Bonchev–Trinajstić information content (AvgIpc) is 3.08. The maximum absolute atomic E-state index is 12.2. The molecule has 136 valence electrons. The highest BCUT2D eigenvalue weighted by molar-refractivity contribution is 7.10. The summed E-state index contributed by atoms with van der Waals surface area (Å²) in [7, 11) is 3.97. The smallest absolute Gasteiger partial charge is 0.336 e. The fourth-order valence-electron chi connectivity index (χ4n) is 2.79. The number of aryl methyl sites for hydroxylation is 1. The number of fused-ring (bicyclic) bond motifs is 1. The molecule has 2 N–H and O–H groups in total. The van der Waals surface area contributed by atoms with Crippen molar-refractivity contribution in [1.82, 2.24) is 10.2 Å². The van der Waals surface area contributed by atoms with Gasteiger partial charge in [0.2, 0.25) is 0 Å². The Morgan fingerprint density at radius 1 is 1.27 bits per heavy atom. The van der Waals surface area contributed by atoms with Gasteiger partial charge in [-0.1, -0.05) is 6.07 Å². The van der Waals surface area contributed by atoms with Gasteiger partial charge in [0.1, 0.15) is 5.58 Å². The first kappa shape index (κ1) is 18.2. The lowest BCUT2D eigenvalue weighted by Gasteiger charge is -2.23. The van der Waals surface area contributed by atoms with Crippen molar-refractivity contribution >= 4 is 34.0 Å². The van der Waals surface area contributed by atoms with E-state index in [4.69, 9.17) is 4.42 Å². The van der Waals surface area contributed by atoms with Gasteiger partial charge in [0, 0.05) is 34.6 Å². The molecule has 2 amide bonds. The Morgan fingerprint density at radius 2 is 2.08 bits per heavy atom. The lowest BCUT2D eigenvalue weighted by atomic mass is 10.1. The molecule has 0 bridgehead atoms. The zero-order valence-electron chi connectivity index (χ0n) is 14.9. The third-order valence-electron chi connectivity index (χ3n) is 4.16. The zero-order chi connectivity index (χ0) is 18.7. The first-order valence-electron chi connectivity index (χ1n) is 8.23. The number of nitrogens with one attached hydrogen (secondary N) is 2. The summed E-state index contributed by atoms with van der Waals surface area (Å²) in [6, 6.07) is 10.6. The van der Waals surface area contributed by atoms with Gasteiger partial charge in [-0.2, -0.15) is 0 Å². The first-order valence-corrected chi connectivity index (χ1v) is 9.11. The van der Waals surface area contributed by atoms with Gasteiger partial charge < -0.3 is 20.0 Å². The van der Waals surface area contributed by atoms with Crippen LogP contribution in [0.4, 0.5) is 10.5 Å².